The minimum atomic E-state index is -4.98. The molecule has 0 amide bonds. The van der Waals surface area contributed by atoms with Crippen LogP contribution in [0.3, 0.4) is 0 Å². The van der Waals surface area contributed by atoms with E-state index < -0.39 is 46.8 Å². The SMILES string of the molecule is CCOC(=O)Cc1c(C(F)(F)F)ncc(Cl)c1C(F)F. The summed E-state index contributed by atoms with van der Waals surface area (Å²) in [5, 5.41) is -0.632. The van der Waals surface area contributed by atoms with E-state index in [0.29, 0.717) is 6.20 Å². The Labute approximate surface area is 115 Å². The third-order valence-corrected chi connectivity index (χ3v) is 2.59. The molecule has 0 saturated heterocycles. The molecule has 0 aliphatic rings. The zero-order valence-corrected chi connectivity index (χ0v) is 10.9. The smallest absolute Gasteiger partial charge is 0.433 e. The molecule has 0 aliphatic carbocycles. The Balaban J connectivity index is 3.40. The lowest BCUT2D eigenvalue weighted by atomic mass is 10.0. The van der Waals surface area contributed by atoms with Crippen molar-refractivity contribution in [2.24, 2.45) is 0 Å². The van der Waals surface area contributed by atoms with Crippen LogP contribution >= 0.6 is 11.6 Å². The van der Waals surface area contributed by atoms with Gasteiger partial charge in [0.1, 0.15) is 5.69 Å². The summed E-state index contributed by atoms with van der Waals surface area (Å²) in [7, 11) is 0. The van der Waals surface area contributed by atoms with E-state index in [1.165, 1.54) is 6.92 Å². The Kier molecular flexibility index (Phi) is 5.27. The van der Waals surface area contributed by atoms with Crippen molar-refractivity contribution in [3.8, 4) is 0 Å². The van der Waals surface area contributed by atoms with Crippen molar-refractivity contribution in [2.45, 2.75) is 25.9 Å². The quantitative estimate of drug-likeness (QED) is 0.626. The van der Waals surface area contributed by atoms with Crippen LogP contribution in [0.1, 0.15) is 30.2 Å². The summed E-state index contributed by atoms with van der Waals surface area (Å²) in [5.41, 5.74) is -3.58. The van der Waals surface area contributed by atoms with Crippen molar-refractivity contribution < 1.29 is 31.5 Å². The molecule has 0 aliphatic heterocycles. The number of carbonyl (C=O) groups is 1. The standard InChI is InChI=1S/C11H9ClF5NO2/c1-2-20-7(19)3-5-8(10(13)14)6(12)4-18-9(5)11(15,16)17/h4,10H,2-3H2,1H3. The molecule has 1 aromatic rings. The van der Waals surface area contributed by atoms with Gasteiger partial charge in [-0.2, -0.15) is 13.2 Å². The zero-order valence-electron chi connectivity index (χ0n) is 10.1. The second kappa shape index (κ2) is 6.34. The number of alkyl halides is 5. The number of pyridine rings is 1. The van der Waals surface area contributed by atoms with Crippen LogP contribution in [0.2, 0.25) is 5.02 Å². The van der Waals surface area contributed by atoms with Gasteiger partial charge in [0.15, 0.2) is 0 Å². The molecule has 1 heterocycles. The molecule has 1 aromatic heterocycles. The molecule has 0 aromatic carbocycles. The second-order valence-corrected chi connectivity index (χ2v) is 4.03. The summed E-state index contributed by atoms with van der Waals surface area (Å²) < 4.78 is 68.5. The van der Waals surface area contributed by atoms with Crippen molar-refractivity contribution in [1.82, 2.24) is 4.98 Å². The van der Waals surface area contributed by atoms with Gasteiger partial charge in [-0.15, -0.1) is 0 Å². The maximum absolute atomic E-state index is 12.9. The number of ether oxygens (including phenoxy) is 1. The summed E-state index contributed by atoms with van der Waals surface area (Å²) in [5.74, 6) is -1.07. The number of hydrogen-bond donors (Lipinski definition) is 0. The van der Waals surface area contributed by atoms with Gasteiger partial charge in [0.25, 0.3) is 6.43 Å². The highest BCUT2D eigenvalue weighted by Gasteiger charge is 2.38. The first kappa shape index (κ1) is 16.6. The topological polar surface area (TPSA) is 39.2 Å². The molecule has 0 unspecified atom stereocenters. The van der Waals surface area contributed by atoms with Crippen LogP contribution in [0.5, 0.6) is 0 Å². The molecule has 0 bridgehead atoms. The van der Waals surface area contributed by atoms with E-state index in [0.717, 1.165) is 0 Å². The van der Waals surface area contributed by atoms with Crippen LogP contribution in [0.25, 0.3) is 0 Å². The van der Waals surface area contributed by atoms with Gasteiger partial charge in [-0.05, 0) is 6.92 Å². The van der Waals surface area contributed by atoms with E-state index in [2.05, 4.69) is 9.72 Å². The summed E-state index contributed by atoms with van der Waals surface area (Å²) in [6.45, 7) is 1.35. The third kappa shape index (κ3) is 3.78. The normalized spacial score (nSPS) is 11.8. The number of carbonyl (C=O) groups excluding carboxylic acids is 1. The molecule has 0 fully saturated rings. The molecular formula is C11H9ClF5NO2. The maximum Gasteiger partial charge on any atom is 0.433 e. The minimum absolute atomic E-state index is 0.0851. The van der Waals surface area contributed by atoms with E-state index in [1.807, 2.05) is 0 Å². The first-order chi connectivity index (χ1) is 9.18. The number of rotatable bonds is 4. The van der Waals surface area contributed by atoms with Crippen molar-refractivity contribution in [2.75, 3.05) is 6.61 Å². The van der Waals surface area contributed by atoms with E-state index in [4.69, 9.17) is 11.6 Å². The van der Waals surface area contributed by atoms with Crippen LogP contribution in [-0.2, 0) is 22.1 Å². The van der Waals surface area contributed by atoms with Gasteiger partial charge in [0, 0.05) is 17.3 Å². The fraction of sp³-hybridized carbons (Fsp3) is 0.455. The largest absolute Gasteiger partial charge is 0.466 e. The lowest BCUT2D eigenvalue weighted by molar-refractivity contribution is -0.144. The fourth-order valence-electron chi connectivity index (χ4n) is 1.56. The van der Waals surface area contributed by atoms with Crippen LogP contribution in [0.4, 0.5) is 22.0 Å². The molecule has 0 saturated carbocycles. The number of nitrogens with zero attached hydrogens (tertiary/aromatic N) is 1. The van der Waals surface area contributed by atoms with E-state index in [1.54, 1.807) is 0 Å². The Hall–Kier alpha value is -1.44. The van der Waals surface area contributed by atoms with E-state index in [-0.39, 0.29) is 6.61 Å². The predicted molar refractivity (Wildman–Crippen MR) is 59.5 cm³/mol. The summed E-state index contributed by atoms with van der Waals surface area (Å²) in [4.78, 5) is 14.3. The number of esters is 1. The van der Waals surface area contributed by atoms with Crippen molar-refractivity contribution in [1.29, 1.82) is 0 Å². The minimum Gasteiger partial charge on any atom is -0.466 e. The molecule has 20 heavy (non-hydrogen) atoms. The van der Waals surface area contributed by atoms with Gasteiger partial charge in [-0.3, -0.25) is 4.79 Å². The summed E-state index contributed by atoms with van der Waals surface area (Å²) in [6.07, 6.45) is -8.73. The first-order valence-electron chi connectivity index (χ1n) is 5.36. The Bertz CT molecular complexity index is 504. The molecule has 1 rings (SSSR count). The number of hydrogen-bond acceptors (Lipinski definition) is 3. The van der Waals surface area contributed by atoms with Gasteiger partial charge < -0.3 is 4.74 Å². The molecule has 0 spiro atoms. The van der Waals surface area contributed by atoms with Crippen LogP contribution < -0.4 is 0 Å². The van der Waals surface area contributed by atoms with E-state index in [9.17, 15) is 26.7 Å². The average Bonchev–Trinajstić information content (AvgIpc) is 2.26. The van der Waals surface area contributed by atoms with Gasteiger partial charge in [-0.25, -0.2) is 13.8 Å². The molecule has 0 radical (unpaired) electrons. The van der Waals surface area contributed by atoms with E-state index >= 15 is 0 Å². The maximum atomic E-state index is 12.9. The highest BCUT2D eigenvalue weighted by atomic mass is 35.5. The van der Waals surface area contributed by atoms with Crippen molar-refractivity contribution in [3.05, 3.63) is 28.0 Å². The first-order valence-corrected chi connectivity index (χ1v) is 5.74. The third-order valence-electron chi connectivity index (χ3n) is 2.29. The average molecular weight is 318 g/mol. The second-order valence-electron chi connectivity index (χ2n) is 3.63. The number of halogens is 6. The highest BCUT2D eigenvalue weighted by molar-refractivity contribution is 6.31. The van der Waals surface area contributed by atoms with Crippen LogP contribution in [-0.4, -0.2) is 17.6 Å². The van der Waals surface area contributed by atoms with Crippen molar-refractivity contribution in [3.63, 3.8) is 0 Å². The Morgan fingerprint density at radius 3 is 2.50 bits per heavy atom. The van der Waals surface area contributed by atoms with Crippen LogP contribution in [0.15, 0.2) is 6.20 Å². The molecule has 112 valence electrons. The Morgan fingerprint density at radius 2 is 2.05 bits per heavy atom. The zero-order chi connectivity index (χ0) is 15.5. The van der Waals surface area contributed by atoms with Crippen molar-refractivity contribution >= 4 is 17.6 Å². The molecular weight excluding hydrogens is 309 g/mol. The lowest BCUT2D eigenvalue weighted by Crippen LogP contribution is -2.18. The van der Waals surface area contributed by atoms with Gasteiger partial charge in [0.2, 0.25) is 0 Å². The summed E-state index contributed by atoms with van der Waals surface area (Å²) in [6, 6.07) is 0. The highest BCUT2D eigenvalue weighted by Crippen LogP contribution is 2.38. The molecule has 0 N–H and O–H groups in total. The fourth-order valence-corrected chi connectivity index (χ4v) is 1.80. The van der Waals surface area contributed by atoms with Gasteiger partial charge >= 0.3 is 12.1 Å². The van der Waals surface area contributed by atoms with Crippen LogP contribution in [0, 0.1) is 0 Å². The number of aromatic nitrogens is 1. The molecule has 3 nitrogen and oxygen atoms in total. The van der Waals surface area contributed by atoms with Gasteiger partial charge in [0.05, 0.1) is 18.1 Å². The Morgan fingerprint density at radius 1 is 1.45 bits per heavy atom. The lowest BCUT2D eigenvalue weighted by Gasteiger charge is -2.16. The predicted octanol–water partition coefficient (Wildman–Crippen LogP) is 3.80. The van der Waals surface area contributed by atoms with Gasteiger partial charge in [-0.1, -0.05) is 11.6 Å². The summed E-state index contributed by atoms with van der Waals surface area (Å²) >= 11 is 5.44. The monoisotopic (exact) mass is 317 g/mol. The molecule has 0 atom stereocenters. The molecule has 9 heteroatoms.